The Hall–Kier alpha value is -2.03. The van der Waals surface area contributed by atoms with Gasteiger partial charge in [-0.15, -0.1) is 0 Å². The minimum Gasteiger partial charge on any atom is -0.474 e. The van der Waals surface area contributed by atoms with Crippen LogP contribution in [0.4, 0.5) is 0 Å². The molecule has 0 fully saturated rings. The van der Waals surface area contributed by atoms with Crippen molar-refractivity contribution in [3.63, 3.8) is 0 Å². The summed E-state index contributed by atoms with van der Waals surface area (Å²) in [5.74, 6) is 0.771. The van der Waals surface area contributed by atoms with Crippen molar-refractivity contribution >= 4 is 5.90 Å². The third kappa shape index (κ3) is 2.48. The van der Waals surface area contributed by atoms with E-state index in [4.69, 9.17) is 4.74 Å². The highest BCUT2D eigenvalue weighted by molar-refractivity contribution is 5.93. The van der Waals surface area contributed by atoms with E-state index in [1.807, 2.05) is 0 Å². The molecule has 0 aliphatic carbocycles. The fourth-order valence-corrected chi connectivity index (χ4v) is 2.51. The minimum absolute atomic E-state index is 0.258. The summed E-state index contributed by atoms with van der Waals surface area (Å²) in [5.41, 5.74) is 5.02. The van der Waals surface area contributed by atoms with Gasteiger partial charge in [0.25, 0.3) is 0 Å². The molecule has 104 valence electrons. The van der Waals surface area contributed by atoms with Gasteiger partial charge in [0.1, 0.15) is 12.3 Å². The monoisotopic (exact) mass is 268 g/mol. The Bertz CT molecular complexity index is 655. The van der Waals surface area contributed by atoms with Crippen LogP contribution < -0.4 is 0 Å². The van der Waals surface area contributed by atoms with Crippen LogP contribution in [0.3, 0.4) is 0 Å². The van der Waals surface area contributed by atoms with Gasteiger partial charge in [0.2, 0.25) is 5.90 Å². The number of hydrogen-bond donors (Lipinski definition) is 0. The topological polar surface area (TPSA) is 26.5 Å². The minimum atomic E-state index is 0.258. The molecule has 0 spiro atoms. The number of hydrogen-bond acceptors (Lipinski definition) is 2. The number of aryl methyl sites for hydroxylation is 2. The van der Waals surface area contributed by atoms with Crippen molar-refractivity contribution in [2.24, 2.45) is 4.99 Å². The molecule has 20 heavy (non-hydrogen) atoms. The van der Waals surface area contributed by atoms with Crippen LogP contribution in [0.15, 0.2) is 41.5 Å². The summed E-state index contributed by atoms with van der Waals surface area (Å²) < 4.78 is 7.88. The van der Waals surface area contributed by atoms with Gasteiger partial charge in [-0.05, 0) is 44.0 Å². The van der Waals surface area contributed by atoms with Gasteiger partial charge >= 0.3 is 0 Å². The molecule has 0 bridgehead atoms. The number of aliphatic imine (C=N–C) groups is 1. The lowest BCUT2D eigenvalue weighted by molar-refractivity contribution is 0.322. The van der Waals surface area contributed by atoms with Gasteiger partial charge in [-0.2, -0.15) is 0 Å². The number of rotatable bonds is 3. The predicted molar refractivity (Wildman–Crippen MR) is 81.4 cm³/mol. The Balaban J connectivity index is 1.91. The molecule has 3 nitrogen and oxygen atoms in total. The van der Waals surface area contributed by atoms with Crippen molar-refractivity contribution in [1.82, 2.24) is 4.57 Å². The fraction of sp³-hybridized carbons (Fsp3) is 0.353. The Morgan fingerprint density at radius 3 is 2.90 bits per heavy atom. The molecule has 0 N–H and O–H groups in total. The molecular weight excluding hydrogens is 248 g/mol. The van der Waals surface area contributed by atoms with Crippen molar-refractivity contribution in [3.05, 3.63) is 58.9 Å². The average Bonchev–Trinajstić information content (AvgIpc) is 3.02. The summed E-state index contributed by atoms with van der Waals surface area (Å²) >= 11 is 0. The van der Waals surface area contributed by atoms with Crippen molar-refractivity contribution in [2.75, 3.05) is 6.61 Å². The second-order valence-electron chi connectivity index (χ2n) is 5.55. The quantitative estimate of drug-likeness (QED) is 0.838. The molecule has 2 aromatic rings. The van der Waals surface area contributed by atoms with Gasteiger partial charge in [-0.25, -0.2) is 4.99 Å². The predicted octanol–water partition coefficient (Wildman–Crippen LogP) is 3.32. The third-order valence-corrected chi connectivity index (χ3v) is 3.69. The molecule has 0 amide bonds. The molecule has 1 aliphatic rings. The summed E-state index contributed by atoms with van der Waals surface area (Å²) in [7, 11) is 0. The van der Waals surface area contributed by atoms with Crippen molar-refractivity contribution < 1.29 is 4.74 Å². The lowest BCUT2D eigenvalue weighted by atomic mass is 10.1. The summed E-state index contributed by atoms with van der Waals surface area (Å²) in [6.07, 6.45) is 2.09. The van der Waals surface area contributed by atoms with Crippen molar-refractivity contribution in [3.8, 4) is 0 Å². The summed E-state index contributed by atoms with van der Waals surface area (Å²) in [6.45, 7) is 7.90. The third-order valence-electron chi connectivity index (χ3n) is 3.69. The highest BCUT2D eigenvalue weighted by Gasteiger charge is 2.19. The van der Waals surface area contributed by atoms with E-state index in [-0.39, 0.29) is 6.04 Å². The fourth-order valence-electron chi connectivity index (χ4n) is 2.51. The van der Waals surface area contributed by atoms with Gasteiger partial charge < -0.3 is 9.30 Å². The molecule has 1 aromatic heterocycles. The maximum absolute atomic E-state index is 5.67. The molecule has 3 rings (SSSR count). The maximum Gasteiger partial charge on any atom is 0.233 e. The van der Waals surface area contributed by atoms with Crippen LogP contribution >= 0.6 is 0 Å². The molecule has 1 unspecified atom stereocenters. The average molecular weight is 268 g/mol. The summed E-state index contributed by atoms with van der Waals surface area (Å²) in [6, 6.07) is 11.0. The van der Waals surface area contributed by atoms with E-state index in [9.17, 15) is 0 Å². The summed E-state index contributed by atoms with van der Waals surface area (Å²) in [4.78, 5) is 4.55. The smallest absolute Gasteiger partial charge is 0.233 e. The molecule has 1 aliphatic heterocycles. The molecule has 3 heteroatoms. The van der Waals surface area contributed by atoms with Crippen molar-refractivity contribution in [2.45, 2.75) is 33.4 Å². The zero-order valence-corrected chi connectivity index (χ0v) is 12.3. The molecule has 0 radical (unpaired) electrons. The Morgan fingerprint density at radius 2 is 2.15 bits per heavy atom. The Kier molecular flexibility index (Phi) is 3.35. The largest absolute Gasteiger partial charge is 0.474 e. The van der Waals surface area contributed by atoms with Crippen LogP contribution in [-0.2, 0) is 11.3 Å². The second kappa shape index (κ2) is 5.16. The van der Waals surface area contributed by atoms with Gasteiger partial charge in [0, 0.05) is 12.7 Å². The highest BCUT2D eigenvalue weighted by atomic mass is 16.5. The molecule has 1 aromatic carbocycles. The van der Waals surface area contributed by atoms with Gasteiger partial charge in [-0.1, -0.05) is 23.8 Å². The van der Waals surface area contributed by atoms with Crippen LogP contribution in [0.1, 0.15) is 29.3 Å². The van der Waals surface area contributed by atoms with E-state index in [2.05, 4.69) is 66.9 Å². The number of aromatic nitrogens is 1. The molecule has 1 atom stereocenters. The van der Waals surface area contributed by atoms with Gasteiger partial charge in [-0.3, -0.25) is 0 Å². The number of benzene rings is 1. The Morgan fingerprint density at radius 1 is 1.30 bits per heavy atom. The molecule has 0 saturated carbocycles. The SMILES string of the molecule is Cc1ccc(C)c(Cn2cccc2C2=NC(C)CO2)c1. The lowest BCUT2D eigenvalue weighted by Crippen LogP contribution is -2.11. The second-order valence-corrected chi connectivity index (χ2v) is 5.55. The lowest BCUT2D eigenvalue weighted by Gasteiger charge is -2.12. The normalized spacial score (nSPS) is 17.9. The van der Waals surface area contributed by atoms with E-state index in [0.29, 0.717) is 6.61 Å². The zero-order chi connectivity index (χ0) is 14.1. The molecule has 0 saturated heterocycles. The van der Waals surface area contributed by atoms with Gasteiger partial charge in [0.05, 0.1) is 6.04 Å². The van der Waals surface area contributed by atoms with E-state index in [0.717, 1.165) is 18.1 Å². The van der Waals surface area contributed by atoms with E-state index < -0.39 is 0 Å². The number of ether oxygens (including phenoxy) is 1. The number of nitrogens with zero attached hydrogens (tertiary/aromatic N) is 2. The first-order valence-electron chi connectivity index (χ1n) is 7.06. The highest BCUT2D eigenvalue weighted by Crippen LogP contribution is 2.17. The van der Waals surface area contributed by atoms with Crippen LogP contribution in [0.25, 0.3) is 0 Å². The van der Waals surface area contributed by atoms with E-state index in [1.54, 1.807) is 0 Å². The van der Waals surface area contributed by atoms with Crippen LogP contribution in [-0.4, -0.2) is 23.1 Å². The van der Waals surface area contributed by atoms with E-state index >= 15 is 0 Å². The van der Waals surface area contributed by atoms with Crippen molar-refractivity contribution in [1.29, 1.82) is 0 Å². The molecule has 2 heterocycles. The Labute approximate surface area is 119 Å². The first kappa shape index (κ1) is 13.0. The standard InChI is InChI=1S/C17H20N2O/c1-12-6-7-13(2)15(9-12)10-19-8-4-5-16(19)17-18-14(3)11-20-17/h4-9,14H,10-11H2,1-3H3. The van der Waals surface area contributed by atoms with Crippen LogP contribution in [0.5, 0.6) is 0 Å². The maximum atomic E-state index is 5.67. The first-order valence-corrected chi connectivity index (χ1v) is 7.06. The summed E-state index contributed by atoms with van der Waals surface area (Å²) in [5, 5.41) is 0. The van der Waals surface area contributed by atoms with Gasteiger partial charge in [0.15, 0.2) is 0 Å². The van der Waals surface area contributed by atoms with Crippen LogP contribution in [0, 0.1) is 13.8 Å². The zero-order valence-electron chi connectivity index (χ0n) is 12.3. The first-order chi connectivity index (χ1) is 9.63. The molecular formula is C17H20N2O. The van der Waals surface area contributed by atoms with Crippen LogP contribution in [0.2, 0.25) is 0 Å². The van der Waals surface area contributed by atoms with E-state index in [1.165, 1.54) is 16.7 Å².